The molecule has 33 heavy (non-hydrogen) atoms. The van der Waals surface area contributed by atoms with E-state index in [4.69, 9.17) is 0 Å². The first-order chi connectivity index (χ1) is 16.0. The third kappa shape index (κ3) is 5.68. The van der Waals surface area contributed by atoms with Gasteiger partial charge >= 0.3 is 0 Å². The maximum absolute atomic E-state index is 12.9. The van der Waals surface area contributed by atoms with Gasteiger partial charge in [0.2, 0.25) is 5.16 Å². The fourth-order valence-corrected chi connectivity index (χ4v) is 3.75. The van der Waals surface area contributed by atoms with Crippen LogP contribution in [0.3, 0.4) is 0 Å². The molecule has 0 radical (unpaired) electrons. The molecular weight excluding hydrogens is 434 g/mol. The lowest BCUT2D eigenvalue weighted by atomic mass is 10.1. The Hall–Kier alpha value is -3.43. The average Bonchev–Trinajstić information content (AvgIpc) is 3.24. The molecule has 0 fully saturated rings. The minimum absolute atomic E-state index is 0.158. The first-order valence-electron chi connectivity index (χ1n) is 10.7. The lowest BCUT2D eigenvalue weighted by Gasteiger charge is -2.12. The second-order valence-corrected chi connectivity index (χ2v) is 8.69. The van der Waals surface area contributed by atoms with Gasteiger partial charge in [0.15, 0.2) is 11.5 Å². The Labute approximate surface area is 197 Å². The zero-order valence-electron chi connectivity index (χ0n) is 18.9. The fourth-order valence-electron chi connectivity index (χ4n) is 3.44. The van der Waals surface area contributed by atoms with Gasteiger partial charge in [-0.25, -0.2) is 4.98 Å². The summed E-state index contributed by atoms with van der Waals surface area (Å²) in [5, 5.41) is 16.0. The molecule has 0 bridgehead atoms. The molecule has 1 amide bonds. The maximum atomic E-state index is 12.9. The summed E-state index contributed by atoms with van der Waals surface area (Å²) in [6.07, 6.45) is 4.87. The number of rotatable bonds is 9. The molecule has 2 aromatic heterocycles. The van der Waals surface area contributed by atoms with E-state index in [1.807, 2.05) is 48.7 Å². The molecule has 2 aromatic carbocycles. The number of likely N-dealkylation sites (N-methyl/N-ethyl adjacent to an activating group) is 1. The van der Waals surface area contributed by atoms with Gasteiger partial charge in [0.25, 0.3) is 5.91 Å². The number of thioether (sulfide) groups is 1. The van der Waals surface area contributed by atoms with E-state index in [2.05, 4.69) is 62.1 Å². The van der Waals surface area contributed by atoms with E-state index in [1.54, 1.807) is 0 Å². The van der Waals surface area contributed by atoms with E-state index in [1.165, 1.54) is 17.3 Å². The normalized spacial score (nSPS) is 11.2. The molecule has 2 heterocycles. The van der Waals surface area contributed by atoms with Crippen LogP contribution in [0.25, 0.3) is 10.9 Å². The van der Waals surface area contributed by atoms with Gasteiger partial charge in [-0.1, -0.05) is 42.1 Å². The highest BCUT2D eigenvalue weighted by Crippen LogP contribution is 2.26. The van der Waals surface area contributed by atoms with Crippen molar-refractivity contribution in [3.63, 3.8) is 0 Å². The quantitative estimate of drug-likeness (QED) is 0.326. The van der Waals surface area contributed by atoms with Gasteiger partial charge in [-0.05, 0) is 56.1 Å². The molecule has 170 valence electrons. The van der Waals surface area contributed by atoms with Crippen LogP contribution < -0.4 is 10.6 Å². The van der Waals surface area contributed by atoms with Crippen molar-refractivity contribution in [3.05, 3.63) is 71.5 Å². The van der Waals surface area contributed by atoms with Crippen molar-refractivity contribution in [2.24, 2.45) is 0 Å². The Morgan fingerprint density at radius 1 is 1.12 bits per heavy atom. The molecule has 4 aromatic rings. The van der Waals surface area contributed by atoms with Crippen molar-refractivity contribution >= 4 is 40.1 Å². The number of anilines is 2. The van der Waals surface area contributed by atoms with Gasteiger partial charge < -0.3 is 20.5 Å². The molecule has 0 aliphatic heterocycles. The van der Waals surface area contributed by atoms with Crippen LogP contribution in [0.4, 0.5) is 11.5 Å². The molecule has 0 saturated carbocycles. The van der Waals surface area contributed by atoms with Gasteiger partial charge in [-0.3, -0.25) is 4.79 Å². The molecule has 0 aliphatic rings. The van der Waals surface area contributed by atoms with Crippen LogP contribution in [0, 0.1) is 0 Å². The Kier molecular flexibility index (Phi) is 7.21. The first kappa shape index (κ1) is 22.8. The standard InChI is InChI=1S/C24H27N7OS/c1-31(2)12-11-17-15-25-20-10-9-18(13-19(17)20)27-22-21(29-30-24(28-22)33-3)23(32)26-14-16-7-5-4-6-8-16/h4-10,13,15,25H,11-12,14H2,1-3H3,(H,26,32)(H,27,28,30). The summed E-state index contributed by atoms with van der Waals surface area (Å²) in [6, 6.07) is 15.8. The zero-order valence-corrected chi connectivity index (χ0v) is 19.7. The summed E-state index contributed by atoms with van der Waals surface area (Å²) in [7, 11) is 4.13. The fraction of sp³-hybridized carbons (Fsp3) is 0.250. The Morgan fingerprint density at radius 2 is 1.94 bits per heavy atom. The SMILES string of the molecule is CSc1nnc(C(=O)NCc2ccccc2)c(Nc2ccc3[nH]cc(CCN(C)C)c3c2)n1. The second kappa shape index (κ2) is 10.5. The number of benzene rings is 2. The van der Waals surface area contributed by atoms with Crippen molar-refractivity contribution in [3.8, 4) is 0 Å². The first-order valence-corrected chi connectivity index (χ1v) is 11.9. The topological polar surface area (TPSA) is 98.8 Å². The van der Waals surface area contributed by atoms with Crippen molar-refractivity contribution in [2.75, 3.05) is 32.2 Å². The summed E-state index contributed by atoms with van der Waals surface area (Å²) in [5.41, 5.74) is 4.31. The van der Waals surface area contributed by atoms with Crippen LogP contribution in [0.5, 0.6) is 0 Å². The number of aromatic nitrogens is 4. The van der Waals surface area contributed by atoms with Crippen LogP contribution >= 0.6 is 11.8 Å². The highest BCUT2D eigenvalue weighted by Gasteiger charge is 2.18. The van der Waals surface area contributed by atoms with Crippen LogP contribution in [0.2, 0.25) is 0 Å². The van der Waals surface area contributed by atoms with E-state index in [-0.39, 0.29) is 11.6 Å². The van der Waals surface area contributed by atoms with Gasteiger partial charge in [-0.2, -0.15) is 0 Å². The van der Waals surface area contributed by atoms with Crippen molar-refractivity contribution in [1.29, 1.82) is 0 Å². The summed E-state index contributed by atoms with van der Waals surface area (Å²) >= 11 is 1.37. The monoisotopic (exact) mass is 461 g/mol. The molecule has 0 unspecified atom stereocenters. The molecule has 0 atom stereocenters. The van der Waals surface area contributed by atoms with Crippen molar-refractivity contribution in [2.45, 2.75) is 18.1 Å². The Bertz CT molecular complexity index is 1240. The third-order valence-electron chi connectivity index (χ3n) is 5.22. The number of carbonyl (C=O) groups is 1. The van der Waals surface area contributed by atoms with Crippen molar-refractivity contribution < 1.29 is 4.79 Å². The molecule has 4 rings (SSSR count). The molecule has 0 saturated heterocycles. The zero-order chi connectivity index (χ0) is 23.2. The maximum Gasteiger partial charge on any atom is 0.275 e. The summed E-state index contributed by atoms with van der Waals surface area (Å²) in [5.74, 6) is 0.0491. The van der Waals surface area contributed by atoms with Gasteiger partial charge in [0.05, 0.1) is 0 Å². The minimum Gasteiger partial charge on any atom is -0.361 e. The van der Waals surface area contributed by atoms with Crippen LogP contribution in [-0.2, 0) is 13.0 Å². The summed E-state index contributed by atoms with van der Waals surface area (Å²) < 4.78 is 0. The van der Waals surface area contributed by atoms with Gasteiger partial charge in [0.1, 0.15) is 0 Å². The Balaban J connectivity index is 1.58. The number of nitrogens with one attached hydrogen (secondary N) is 3. The molecule has 0 aliphatic carbocycles. The molecule has 8 nitrogen and oxygen atoms in total. The number of amides is 1. The van der Waals surface area contributed by atoms with Crippen LogP contribution in [0.15, 0.2) is 59.9 Å². The summed E-state index contributed by atoms with van der Waals surface area (Å²) in [4.78, 5) is 22.9. The predicted octanol–water partition coefficient (Wildman–Crippen LogP) is 3.85. The van der Waals surface area contributed by atoms with Gasteiger partial charge in [-0.15, -0.1) is 10.2 Å². The molecule has 0 spiro atoms. The highest BCUT2D eigenvalue weighted by atomic mass is 32.2. The number of hydrogen-bond donors (Lipinski definition) is 3. The third-order valence-corrected chi connectivity index (χ3v) is 5.76. The van der Waals surface area contributed by atoms with E-state index in [0.29, 0.717) is 17.5 Å². The number of hydrogen-bond acceptors (Lipinski definition) is 7. The highest BCUT2D eigenvalue weighted by molar-refractivity contribution is 7.98. The number of carbonyl (C=O) groups excluding carboxylic acids is 1. The smallest absolute Gasteiger partial charge is 0.275 e. The predicted molar refractivity (Wildman–Crippen MR) is 133 cm³/mol. The number of nitrogens with zero attached hydrogens (tertiary/aromatic N) is 4. The van der Waals surface area contributed by atoms with Crippen molar-refractivity contribution in [1.82, 2.24) is 30.4 Å². The minimum atomic E-state index is -0.330. The average molecular weight is 462 g/mol. The molecular formula is C24H27N7OS. The molecule has 9 heteroatoms. The lowest BCUT2D eigenvalue weighted by Crippen LogP contribution is -2.25. The van der Waals surface area contributed by atoms with Gasteiger partial charge in [0, 0.05) is 35.9 Å². The second-order valence-electron chi connectivity index (χ2n) is 7.92. The van der Waals surface area contributed by atoms with Crippen LogP contribution in [-0.4, -0.2) is 57.9 Å². The Morgan fingerprint density at radius 3 is 2.70 bits per heavy atom. The van der Waals surface area contributed by atoms with Crippen LogP contribution in [0.1, 0.15) is 21.6 Å². The van der Waals surface area contributed by atoms with E-state index in [0.717, 1.165) is 35.1 Å². The lowest BCUT2D eigenvalue weighted by molar-refractivity contribution is 0.0945. The number of aromatic amines is 1. The summed E-state index contributed by atoms with van der Waals surface area (Å²) in [6.45, 7) is 1.36. The van der Waals surface area contributed by atoms with E-state index >= 15 is 0 Å². The molecule has 3 N–H and O–H groups in total. The number of fused-ring (bicyclic) bond motifs is 1. The van der Waals surface area contributed by atoms with E-state index in [9.17, 15) is 4.79 Å². The van der Waals surface area contributed by atoms with E-state index < -0.39 is 0 Å². The number of H-pyrrole nitrogens is 1. The largest absolute Gasteiger partial charge is 0.361 e.